The maximum absolute atomic E-state index is 13.0. The van der Waals surface area contributed by atoms with Gasteiger partial charge in [-0.05, 0) is 25.1 Å². The number of benzene rings is 1. The third-order valence-corrected chi connectivity index (χ3v) is 8.35. The molecule has 158 valence electrons. The van der Waals surface area contributed by atoms with Crippen molar-refractivity contribution in [2.24, 2.45) is 0 Å². The number of carboxylic acid groups (broad SMARTS) is 1. The van der Waals surface area contributed by atoms with E-state index >= 15 is 0 Å². The maximum atomic E-state index is 13.0. The Morgan fingerprint density at radius 2 is 1.97 bits per heavy atom. The van der Waals surface area contributed by atoms with Gasteiger partial charge in [-0.2, -0.15) is 0 Å². The molecule has 0 saturated carbocycles. The first-order valence-electron chi connectivity index (χ1n) is 8.77. The second-order valence-electron chi connectivity index (χ2n) is 7.33. The predicted octanol–water partition coefficient (Wildman–Crippen LogP) is 0.166. The summed E-state index contributed by atoms with van der Waals surface area (Å²) in [7, 11) is -4.13. The van der Waals surface area contributed by atoms with Gasteiger partial charge in [-0.1, -0.05) is 5.16 Å². The molecule has 3 N–H and O–H groups in total. The zero-order chi connectivity index (χ0) is 22.0. The van der Waals surface area contributed by atoms with Crippen LogP contribution in [0.2, 0.25) is 0 Å². The van der Waals surface area contributed by atoms with E-state index in [0.717, 1.165) is 17.0 Å². The number of hydrogen-bond donors (Lipinski definition) is 3. The van der Waals surface area contributed by atoms with Crippen LogP contribution in [0.15, 0.2) is 28.8 Å². The Labute approximate surface area is 169 Å². The summed E-state index contributed by atoms with van der Waals surface area (Å²) in [5.74, 6) is -3.48. The molecule has 12 heteroatoms. The van der Waals surface area contributed by atoms with Crippen LogP contribution in [0.3, 0.4) is 0 Å². The molecule has 1 amide bonds. The summed E-state index contributed by atoms with van der Waals surface area (Å²) in [5.41, 5.74) is -0.144. The number of aromatic hydroxyl groups is 2. The van der Waals surface area contributed by atoms with Gasteiger partial charge in [0.15, 0.2) is 33.2 Å². The summed E-state index contributed by atoms with van der Waals surface area (Å²) in [6.07, 6.45) is -0.646. The summed E-state index contributed by atoms with van der Waals surface area (Å²) < 4.78 is 29.0. The van der Waals surface area contributed by atoms with Crippen LogP contribution in [0.4, 0.5) is 0 Å². The fourth-order valence-corrected chi connectivity index (χ4v) is 6.28. The summed E-state index contributed by atoms with van der Waals surface area (Å²) in [6.45, 7) is 1.17. The molecule has 1 aromatic carbocycles. The van der Waals surface area contributed by atoms with E-state index in [1.54, 1.807) is 0 Å². The van der Waals surface area contributed by atoms with Crippen molar-refractivity contribution < 1.29 is 42.6 Å². The lowest BCUT2D eigenvalue weighted by Gasteiger charge is -2.35. The van der Waals surface area contributed by atoms with Gasteiger partial charge < -0.3 is 24.7 Å². The zero-order valence-corrected chi connectivity index (χ0v) is 16.3. The number of carbonyl (C=O) groups is 3. The number of carboxylic acids is 1. The fraction of sp³-hybridized carbons (Fsp3) is 0.333. The second kappa shape index (κ2) is 6.29. The standard InChI is InChI=1S/C18H16N2O9S/c1-18(16(17(25)26)20-14(24)7-15(20)30(18,27)28)13-6-9(29-19-13)5-11(22)8-2-3-10(21)12(23)4-8/h2-4,6,15-16,21,23H,5,7H2,1H3,(H,25,26)/t15-,16+,18+/m1/s1. The van der Waals surface area contributed by atoms with Gasteiger partial charge in [-0.25, -0.2) is 13.2 Å². The largest absolute Gasteiger partial charge is 0.504 e. The molecule has 2 aromatic rings. The molecular weight excluding hydrogens is 420 g/mol. The zero-order valence-electron chi connectivity index (χ0n) is 15.5. The number of carbonyl (C=O) groups excluding carboxylic acids is 2. The molecule has 2 aliphatic heterocycles. The molecule has 30 heavy (non-hydrogen) atoms. The lowest BCUT2D eigenvalue weighted by Crippen LogP contribution is -2.57. The average molecular weight is 436 g/mol. The summed E-state index contributed by atoms with van der Waals surface area (Å²) in [6, 6.07) is 3.00. The quantitative estimate of drug-likeness (QED) is 0.333. The lowest BCUT2D eigenvalue weighted by atomic mass is 9.93. The number of sulfone groups is 1. The molecule has 11 nitrogen and oxygen atoms in total. The predicted molar refractivity (Wildman–Crippen MR) is 97.3 cm³/mol. The van der Waals surface area contributed by atoms with Crippen LogP contribution in [0.25, 0.3) is 0 Å². The second-order valence-corrected chi connectivity index (χ2v) is 9.82. The molecule has 0 aliphatic carbocycles. The van der Waals surface area contributed by atoms with Crippen molar-refractivity contribution in [1.29, 1.82) is 0 Å². The number of phenolic OH excluding ortho intramolecular Hbond substituents is 2. The van der Waals surface area contributed by atoms with Crippen molar-refractivity contribution in [3.8, 4) is 11.5 Å². The number of phenols is 2. The lowest BCUT2D eigenvalue weighted by molar-refractivity contribution is -0.157. The summed E-state index contributed by atoms with van der Waals surface area (Å²) >= 11 is 0. The molecule has 2 fully saturated rings. The van der Waals surface area contributed by atoms with Crippen LogP contribution in [-0.2, 0) is 30.6 Å². The van der Waals surface area contributed by atoms with E-state index in [2.05, 4.69) is 5.16 Å². The number of β-lactam (4-membered cyclic amide) rings is 1. The third-order valence-electron chi connectivity index (χ3n) is 5.63. The van der Waals surface area contributed by atoms with Crippen LogP contribution in [0.5, 0.6) is 11.5 Å². The molecule has 3 heterocycles. The van der Waals surface area contributed by atoms with E-state index in [0.29, 0.717) is 0 Å². The van der Waals surface area contributed by atoms with Crippen molar-refractivity contribution in [3.05, 3.63) is 41.3 Å². The Morgan fingerprint density at radius 3 is 2.57 bits per heavy atom. The van der Waals surface area contributed by atoms with E-state index in [9.17, 15) is 38.1 Å². The van der Waals surface area contributed by atoms with Crippen molar-refractivity contribution in [2.45, 2.75) is 35.9 Å². The van der Waals surface area contributed by atoms with Crippen molar-refractivity contribution in [2.75, 3.05) is 0 Å². The van der Waals surface area contributed by atoms with Gasteiger partial charge in [0.25, 0.3) is 0 Å². The molecule has 2 aliphatic rings. The highest BCUT2D eigenvalue weighted by atomic mass is 32.2. The number of amides is 1. The molecule has 2 saturated heterocycles. The summed E-state index contributed by atoms with van der Waals surface area (Å²) in [4.78, 5) is 36.9. The van der Waals surface area contributed by atoms with E-state index in [4.69, 9.17) is 4.52 Å². The number of fused-ring (bicyclic) bond motifs is 1. The van der Waals surface area contributed by atoms with Gasteiger partial charge in [0.2, 0.25) is 5.91 Å². The molecule has 0 spiro atoms. The van der Waals surface area contributed by atoms with E-state index in [1.165, 1.54) is 19.1 Å². The van der Waals surface area contributed by atoms with Crippen LogP contribution in [0.1, 0.15) is 35.2 Å². The van der Waals surface area contributed by atoms with Crippen molar-refractivity contribution in [3.63, 3.8) is 0 Å². The first kappa shape index (κ1) is 19.9. The minimum absolute atomic E-state index is 0.0243. The van der Waals surface area contributed by atoms with Crippen molar-refractivity contribution in [1.82, 2.24) is 10.1 Å². The Bertz CT molecular complexity index is 1200. The van der Waals surface area contributed by atoms with Gasteiger partial charge in [0.05, 0.1) is 12.8 Å². The Balaban J connectivity index is 1.67. The van der Waals surface area contributed by atoms with Gasteiger partial charge in [0, 0.05) is 11.6 Å². The van der Waals surface area contributed by atoms with Gasteiger partial charge >= 0.3 is 5.97 Å². The van der Waals surface area contributed by atoms with E-state index < -0.39 is 55.2 Å². The number of rotatable bonds is 5. The van der Waals surface area contributed by atoms with Gasteiger partial charge in [0.1, 0.15) is 21.6 Å². The Kier molecular flexibility index (Phi) is 4.17. The third kappa shape index (κ3) is 2.53. The number of Topliss-reactive ketones (excluding diaryl/α,β-unsaturated/α-hetero) is 1. The number of nitrogens with zero attached hydrogens (tertiary/aromatic N) is 2. The topological polar surface area (TPSA) is 175 Å². The van der Waals surface area contributed by atoms with Crippen LogP contribution in [0, 0.1) is 0 Å². The molecule has 4 rings (SSSR count). The van der Waals surface area contributed by atoms with Crippen LogP contribution < -0.4 is 0 Å². The summed E-state index contributed by atoms with van der Waals surface area (Å²) in [5, 5.41) is 30.9. The first-order valence-corrected chi connectivity index (χ1v) is 10.3. The van der Waals surface area contributed by atoms with Gasteiger partial charge in [-0.15, -0.1) is 0 Å². The Hall–Kier alpha value is -3.41. The average Bonchev–Trinajstić information content (AvgIpc) is 3.18. The molecule has 0 bridgehead atoms. The first-order chi connectivity index (χ1) is 14.0. The fourth-order valence-electron chi connectivity index (χ4n) is 3.90. The van der Waals surface area contributed by atoms with Crippen LogP contribution >= 0.6 is 0 Å². The molecule has 1 aromatic heterocycles. The molecule has 0 radical (unpaired) electrons. The molecule has 0 unspecified atom stereocenters. The number of aliphatic carboxylic acids is 1. The van der Waals surface area contributed by atoms with Gasteiger partial charge in [-0.3, -0.25) is 9.59 Å². The highest BCUT2D eigenvalue weighted by Gasteiger charge is 2.71. The van der Waals surface area contributed by atoms with Crippen molar-refractivity contribution >= 4 is 27.5 Å². The minimum atomic E-state index is -4.13. The highest BCUT2D eigenvalue weighted by molar-refractivity contribution is 7.93. The van der Waals surface area contributed by atoms with Crippen LogP contribution in [-0.4, -0.2) is 62.9 Å². The smallest absolute Gasteiger partial charge is 0.328 e. The number of hydrogen-bond acceptors (Lipinski definition) is 9. The number of ketones is 1. The maximum Gasteiger partial charge on any atom is 0.328 e. The number of aromatic nitrogens is 1. The van der Waals surface area contributed by atoms with E-state index in [-0.39, 0.29) is 29.9 Å². The molecule has 3 atom stereocenters. The highest BCUT2D eigenvalue weighted by Crippen LogP contribution is 2.51. The SMILES string of the molecule is C[C@]1(c2cc(CC(=O)c3ccc(O)c(O)c3)on2)[C@H](C(=O)O)N2C(=O)C[C@H]2S1(=O)=O. The normalized spacial score (nSPS) is 26.8. The minimum Gasteiger partial charge on any atom is -0.504 e. The molecular formula is C18H16N2O9S. The van der Waals surface area contributed by atoms with E-state index in [1.807, 2.05) is 0 Å². The Morgan fingerprint density at radius 1 is 1.27 bits per heavy atom. The monoisotopic (exact) mass is 436 g/mol.